The van der Waals surface area contributed by atoms with Crippen LogP contribution in [-0.4, -0.2) is 44.6 Å². The van der Waals surface area contributed by atoms with E-state index in [1.54, 1.807) is 7.11 Å². The van der Waals surface area contributed by atoms with Crippen LogP contribution in [0, 0.1) is 0 Å². The maximum atomic E-state index is 13.3. The van der Waals surface area contributed by atoms with Crippen molar-refractivity contribution in [2.45, 2.75) is 43.7 Å². The van der Waals surface area contributed by atoms with Crippen LogP contribution in [0.25, 0.3) is 43.6 Å². The van der Waals surface area contributed by atoms with Gasteiger partial charge in [0.1, 0.15) is 12.3 Å². The first-order valence-corrected chi connectivity index (χ1v) is 12.1. The molecule has 3 aliphatic heterocycles. The van der Waals surface area contributed by atoms with Gasteiger partial charge in [-0.1, -0.05) is 36.4 Å². The van der Waals surface area contributed by atoms with Crippen molar-refractivity contribution >= 4 is 49.5 Å². The molecule has 5 atom stereocenters. The summed E-state index contributed by atoms with van der Waals surface area (Å²) in [7, 11) is 1.62. The maximum absolute atomic E-state index is 13.3. The molecule has 2 bridgehead atoms. The molecule has 1 amide bonds. The minimum Gasteiger partial charge on any atom is -0.375 e. The average Bonchev–Trinajstić information content (AvgIpc) is 3.48. The number of benzene rings is 3. The Kier molecular flexibility index (Phi) is 3.82. The average molecular weight is 485 g/mol. The minimum atomic E-state index is -1.13. The van der Waals surface area contributed by atoms with E-state index in [2.05, 4.69) is 19.9 Å². The topological polar surface area (TPSA) is 110 Å². The zero-order valence-corrected chi connectivity index (χ0v) is 19.6. The Morgan fingerprint density at radius 3 is 2.50 bits per heavy atom. The lowest BCUT2D eigenvalue weighted by molar-refractivity contribution is -0.264. The van der Waals surface area contributed by atoms with Gasteiger partial charge in [0.2, 0.25) is 0 Å². The summed E-state index contributed by atoms with van der Waals surface area (Å²) in [6.45, 7) is 1.98. The number of ether oxygens (including phenoxy) is 2. The molecule has 9 heteroatoms. The SMILES string of the molecule is CO[C@@H]1[C@H](NO)C[C@H]2O[C@]1(C)n1c3ccccc3c3c4c(c5c6ccccc6n2c5c31)C(=O)N[C@H]4O. The second-order valence-corrected chi connectivity index (χ2v) is 10.1. The quantitative estimate of drug-likeness (QED) is 0.285. The predicted molar refractivity (Wildman–Crippen MR) is 133 cm³/mol. The van der Waals surface area contributed by atoms with Gasteiger partial charge < -0.3 is 34.2 Å². The van der Waals surface area contributed by atoms with Gasteiger partial charge in [-0.25, -0.2) is 0 Å². The van der Waals surface area contributed by atoms with Gasteiger partial charge in [-0.05, 0) is 19.1 Å². The lowest BCUT2D eigenvalue weighted by Gasteiger charge is -2.47. The molecule has 5 aromatic rings. The molecule has 1 fully saturated rings. The lowest BCUT2D eigenvalue weighted by atomic mass is 9.93. The molecule has 2 aromatic heterocycles. The molecule has 5 heterocycles. The molecule has 0 spiro atoms. The molecule has 0 radical (unpaired) electrons. The number of carbonyl (C=O) groups excluding carboxylic acids is 1. The van der Waals surface area contributed by atoms with Crippen molar-refractivity contribution in [2.75, 3.05) is 7.11 Å². The Morgan fingerprint density at radius 2 is 1.78 bits per heavy atom. The van der Waals surface area contributed by atoms with E-state index in [4.69, 9.17) is 9.47 Å². The number of para-hydroxylation sites is 2. The molecular formula is C27H24N4O5. The van der Waals surface area contributed by atoms with Gasteiger partial charge in [0, 0.05) is 40.6 Å². The number of nitrogens with zero attached hydrogens (tertiary/aromatic N) is 2. The van der Waals surface area contributed by atoms with Crippen LogP contribution >= 0.6 is 0 Å². The Labute approximate surface area is 204 Å². The fourth-order valence-electron chi connectivity index (χ4n) is 7.23. The first-order valence-electron chi connectivity index (χ1n) is 12.1. The van der Waals surface area contributed by atoms with Crippen LogP contribution in [0.15, 0.2) is 48.5 Å². The number of hydrogen-bond donors (Lipinski definition) is 4. The maximum Gasteiger partial charge on any atom is 0.254 e. The second kappa shape index (κ2) is 6.64. The van der Waals surface area contributed by atoms with Crippen molar-refractivity contribution in [1.29, 1.82) is 0 Å². The number of aliphatic hydroxyl groups is 1. The molecule has 4 N–H and O–H groups in total. The highest BCUT2D eigenvalue weighted by molar-refractivity contribution is 6.31. The number of nitrogens with one attached hydrogen (secondary N) is 2. The number of hydroxylamine groups is 1. The third-order valence-corrected chi connectivity index (χ3v) is 8.44. The summed E-state index contributed by atoms with van der Waals surface area (Å²) < 4.78 is 17.2. The van der Waals surface area contributed by atoms with Gasteiger partial charge in [0.15, 0.2) is 12.0 Å². The molecule has 0 aliphatic carbocycles. The van der Waals surface area contributed by atoms with E-state index in [0.717, 1.165) is 43.6 Å². The summed E-state index contributed by atoms with van der Waals surface area (Å²) in [4.78, 5) is 13.3. The number of fused-ring (bicyclic) bond motifs is 13. The lowest BCUT2D eigenvalue weighted by Crippen LogP contribution is -2.59. The molecule has 36 heavy (non-hydrogen) atoms. The zero-order valence-electron chi connectivity index (χ0n) is 19.6. The van der Waals surface area contributed by atoms with Gasteiger partial charge in [-0.15, -0.1) is 0 Å². The van der Waals surface area contributed by atoms with E-state index < -0.39 is 30.3 Å². The van der Waals surface area contributed by atoms with Crippen molar-refractivity contribution < 1.29 is 24.6 Å². The molecule has 8 rings (SSSR count). The molecule has 182 valence electrons. The normalized spacial score (nSPS) is 28.9. The van der Waals surface area contributed by atoms with Crippen molar-refractivity contribution in [2.24, 2.45) is 0 Å². The molecular weight excluding hydrogens is 460 g/mol. The van der Waals surface area contributed by atoms with Crippen LogP contribution in [0.2, 0.25) is 0 Å². The van der Waals surface area contributed by atoms with Crippen LogP contribution < -0.4 is 10.8 Å². The van der Waals surface area contributed by atoms with Gasteiger partial charge in [-0.3, -0.25) is 4.79 Å². The molecule has 0 unspecified atom stereocenters. The highest BCUT2D eigenvalue weighted by Crippen LogP contribution is 2.54. The summed E-state index contributed by atoms with van der Waals surface area (Å²) in [5.41, 5.74) is 6.15. The zero-order chi connectivity index (χ0) is 24.5. The van der Waals surface area contributed by atoms with E-state index in [0.29, 0.717) is 17.5 Å². The van der Waals surface area contributed by atoms with E-state index in [1.165, 1.54) is 0 Å². The van der Waals surface area contributed by atoms with E-state index >= 15 is 0 Å². The van der Waals surface area contributed by atoms with Crippen LogP contribution in [0.3, 0.4) is 0 Å². The van der Waals surface area contributed by atoms with Crippen LogP contribution in [0.5, 0.6) is 0 Å². The number of methoxy groups -OCH3 is 1. The fraction of sp³-hybridized carbons (Fsp3) is 0.296. The first kappa shape index (κ1) is 20.7. The Bertz CT molecular complexity index is 1790. The number of carbonyl (C=O) groups is 1. The molecule has 3 aromatic carbocycles. The fourth-order valence-corrected chi connectivity index (χ4v) is 7.23. The van der Waals surface area contributed by atoms with Crippen molar-refractivity contribution in [3.05, 3.63) is 59.7 Å². The number of rotatable bonds is 2. The van der Waals surface area contributed by atoms with Gasteiger partial charge in [-0.2, -0.15) is 5.48 Å². The highest BCUT2D eigenvalue weighted by atomic mass is 16.6. The van der Waals surface area contributed by atoms with Gasteiger partial charge >= 0.3 is 0 Å². The molecule has 1 saturated heterocycles. The summed E-state index contributed by atoms with van der Waals surface area (Å²) >= 11 is 0. The summed E-state index contributed by atoms with van der Waals surface area (Å²) in [6, 6.07) is 15.5. The highest BCUT2D eigenvalue weighted by Gasteiger charge is 2.53. The third kappa shape index (κ3) is 2.14. The van der Waals surface area contributed by atoms with E-state index in [1.807, 2.05) is 55.5 Å². The smallest absolute Gasteiger partial charge is 0.254 e. The monoisotopic (exact) mass is 484 g/mol. The van der Waals surface area contributed by atoms with Gasteiger partial charge in [0.05, 0.1) is 33.7 Å². The Balaban J connectivity index is 1.73. The number of amides is 1. The molecule has 3 aliphatic rings. The van der Waals surface area contributed by atoms with Crippen molar-refractivity contribution in [3.63, 3.8) is 0 Å². The second-order valence-electron chi connectivity index (χ2n) is 10.1. The van der Waals surface area contributed by atoms with Crippen molar-refractivity contribution in [3.8, 4) is 0 Å². The minimum absolute atomic E-state index is 0.289. The standard InChI is InChI=1S/C27H24N4O5/c1-27-24(35-2)14(29-34)11-17(36-27)30-15-9-5-3-7-12(15)18-20-21(26(33)28-25(20)32)19-13-8-4-6-10-16(13)31(27)23(19)22(18)30/h3-10,14,17,24,26,29,33-34H,11H2,1-2H3,(H,28,32)/t14-,17-,24-,26+,27+/m1/s1. The van der Waals surface area contributed by atoms with Gasteiger partial charge in [0.25, 0.3) is 5.91 Å². The summed E-state index contributed by atoms with van der Waals surface area (Å²) in [5, 5.41) is 27.5. The van der Waals surface area contributed by atoms with Crippen molar-refractivity contribution in [1.82, 2.24) is 19.9 Å². The Morgan fingerprint density at radius 1 is 1.08 bits per heavy atom. The van der Waals surface area contributed by atoms with E-state index in [-0.39, 0.29) is 5.91 Å². The third-order valence-electron chi connectivity index (χ3n) is 8.44. The summed E-state index contributed by atoms with van der Waals surface area (Å²) in [5.74, 6) is -0.289. The molecule has 0 saturated carbocycles. The van der Waals surface area contributed by atoms with Crippen LogP contribution in [-0.2, 0) is 15.2 Å². The van der Waals surface area contributed by atoms with Crippen LogP contribution in [0.4, 0.5) is 0 Å². The number of hydrogen-bond acceptors (Lipinski definition) is 6. The summed E-state index contributed by atoms with van der Waals surface area (Å²) in [6.07, 6.45) is -1.64. The largest absolute Gasteiger partial charge is 0.375 e. The number of aliphatic hydroxyl groups excluding tert-OH is 1. The van der Waals surface area contributed by atoms with E-state index in [9.17, 15) is 15.1 Å². The Hall–Kier alpha value is -3.47. The van der Waals surface area contributed by atoms with Crippen LogP contribution in [0.1, 0.15) is 41.7 Å². The first-order chi connectivity index (χ1) is 17.5. The predicted octanol–water partition coefficient (Wildman–Crippen LogP) is 3.60. The number of aromatic nitrogens is 2. The molecule has 9 nitrogen and oxygen atoms in total.